The summed E-state index contributed by atoms with van der Waals surface area (Å²) in [6, 6.07) is 9.14. The molecule has 2 aromatic carbocycles. The smallest absolute Gasteiger partial charge is 0.194 e. The van der Waals surface area contributed by atoms with Crippen molar-refractivity contribution in [3.8, 4) is 5.75 Å². The Labute approximate surface area is 127 Å². The van der Waals surface area contributed by atoms with Gasteiger partial charge in [-0.1, -0.05) is 25.4 Å². The molecule has 0 saturated heterocycles. The molecule has 0 spiro atoms. The standard InChI is InChI=1S/C17H14ClFO2/c1-17(2)9-21-15-6-3-10(7-13(15)17)16(20)12-5-4-11(19)8-14(12)18/h3-8H,9H2,1-2H3. The average Bonchev–Trinajstić information content (AvgIpc) is 2.74. The van der Waals surface area contributed by atoms with E-state index in [0.29, 0.717) is 17.7 Å². The highest BCUT2D eigenvalue weighted by atomic mass is 35.5. The minimum absolute atomic E-state index is 0.121. The quantitative estimate of drug-likeness (QED) is 0.770. The number of ether oxygens (including phenoxy) is 1. The van der Waals surface area contributed by atoms with E-state index in [-0.39, 0.29) is 16.2 Å². The van der Waals surface area contributed by atoms with Crippen LogP contribution in [-0.4, -0.2) is 12.4 Å². The molecule has 3 rings (SSSR count). The summed E-state index contributed by atoms with van der Waals surface area (Å²) in [4.78, 5) is 12.5. The van der Waals surface area contributed by atoms with Crippen molar-refractivity contribution in [1.82, 2.24) is 0 Å². The Morgan fingerprint density at radius 3 is 2.71 bits per heavy atom. The first-order valence-corrected chi connectivity index (χ1v) is 7.03. The molecule has 0 unspecified atom stereocenters. The summed E-state index contributed by atoms with van der Waals surface area (Å²) in [5.74, 6) is 0.132. The zero-order chi connectivity index (χ0) is 15.2. The lowest BCUT2D eigenvalue weighted by Crippen LogP contribution is -2.18. The molecule has 2 aromatic rings. The molecule has 0 atom stereocenters. The fourth-order valence-electron chi connectivity index (χ4n) is 2.49. The molecule has 0 bridgehead atoms. The van der Waals surface area contributed by atoms with Crippen molar-refractivity contribution in [2.75, 3.05) is 6.61 Å². The summed E-state index contributed by atoms with van der Waals surface area (Å²) >= 11 is 5.96. The summed E-state index contributed by atoms with van der Waals surface area (Å²) < 4.78 is 18.7. The van der Waals surface area contributed by atoms with E-state index >= 15 is 0 Å². The third-order valence-electron chi connectivity index (χ3n) is 3.74. The van der Waals surface area contributed by atoms with Crippen molar-refractivity contribution in [2.24, 2.45) is 0 Å². The Morgan fingerprint density at radius 1 is 1.24 bits per heavy atom. The topological polar surface area (TPSA) is 26.3 Å². The van der Waals surface area contributed by atoms with Crippen LogP contribution in [0.4, 0.5) is 4.39 Å². The molecule has 0 aliphatic carbocycles. The third-order valence-corrected chi connectivity index (χ3v) is 4.05. The van der Waals surface area contributed by atoms with Gasteiger partial charge in [0.2, 0.25) is 0 Å². The average molecular weight is 305 g/mol. The third kappa shape index (κ3) is 2.42. The van der Waals surface area contributed by atoms with Gasteiger partial charge >= 0.3 is 0 Å². The fraction of sp³-hybridized carbons (Fsp3) is 0.235. The lowest BCUT2D eigenvalue weighted by atomic mass is 9.85. The van der Waals surface area contributed by atoms with E-state index in [1.807, 2.05) is 6.07 Å². The van der Waals surface area contributed by atoms with Crippen LogP contribution in [-0.2, 0) is 5.41 Å². The molecule has 0 aromatic heterocycles. The van der Waals surface area contributed by atoms with Gasteiger partial charge in [0, 0.05) is 22.1 Å². The number of carbonyl (C=O) groups excluding carboxylic acids is 1. The summed E-state index contributed by atoms with van der Waals surface area (Å²) in [5.41, 5.74) is 1.71. The SMILES string of the molecule is CC1(C)COc2ccc(C(=O)c3ccc(F)cc3Cl)cc21. The van der Waals surface area contributed by atoms with Crippen molar-refractivity contribution < 1.29 is 13.9 Å². The molecule has 1 aliphatic heterocycles. The van der Waals surface area contributed by atoms with Crippen LogP contribution in [0.3, 0.4) is 0 Å². The molecule has 1 heterocycles. The molecule has 0 amide bonds. The van der Waals surface area contributed by atoms with Crippen LogP contribution >= 0.6 is 11.6 Å². The molecule has 0 N–H and O–H groups in total. The fourth-order valence-corrected chi connectivity index (χ4v) is 2.74. The normalized spacial score (nSPS) is 15.4. The number of hydrogen-bond donors (Lipinski definition) is 0. The zero-order valence-corrected chi connectivity index (χ0v) is 12.5. The molecular weight excluding hydrogens is 291 g/mol. The van der Waals surface area contributed by atoms with Gasteiger partial charge in [0.05, 0.1) is 11.6 Å². The van der Waals surface area contributed by atoms with E-state index in [0.717, 1.165) is 17.4 Å². The molecule has 0 fully saturated rings. The lowest BCUT2D eigenvalue weighted by Gasteiger charge is -2.15. The van der Waals surface area contributed by atoms with Crippen molar-refractivity contribution in [1.29, 1.82) is 0 Å². The first-order chi connectivity index (χ1) is 9.88. The van der Waals surface area contributed by atoms with Crippen LogP contribution < -0.4 is 4.74 Å². The van der Waals surface area contributed by atoms with Gasteiger partial charge in [0.15, 0.2) is 5.78 Å². The zero-order valence-electron chi connectivity index (χ0n) is 11.7. The maximum atomic E-state index is 13.1. The van der Waals surface area contributed by atoms with Gasteiger partial charge in [-0.25, -0.2) is 4.39 Å². The van der Waals surface area contributed by atoms with E-state index < -0.39 is 5.82 Å². The van der Waals surface area contributed by atoms with Crippen LogP contribution in [0.15, 0.2) is 36.4 Å². The minimum Gasteiger partial charge on any atom is -0.492 e. The van der Waals surface area contributed by atoms with Crippen LogP contribution in [0, 0.1) is 5.82 Å². The molecule has 1 aliphatic rings. The molecule has 0 saturated carbocycles. The van der Waals surface area contributed by atoms with Gasteiger partial charge in [0.25, 0.3) is 0 Å². The Hall–Kier alpha value is -1.87. The lowest BCUT2D eigenvalue weighted by molar-refractivity contribution is 0.103. The Morgan fingerprint density at radius 2 is 2.00 bits per heavy atom. The van der Waals surface area contributed by atoms with Crippen molar-refractivity contribution >= 4 is 17.4 Å². The van der Waals surface area contributed by atoms with Crippen LogP contribution in [0.25, 0.3) is 0 Å². The molecular formula is C17H14ClFO2. The Balaban J connectivity index is 2.03. The maximum absolute atomic E-state index is 13.1. The Kier molecular flexibility index (Phi) is 3.25. The largest absolute Gasteiger partial charge is 0.492 e. The first-order valence-electron chi connectivity index (χ1n) is 6.65. The van der Waals surface area contributed by atoms with Crippen LogP contribution in [0.5, 0.6) is 5.75 Å². The summed E-state index contributed by atoms with van der Waals surface area (Å²) in [5, 5.41) is 0.121. The highest BCUT2D eigenvalue weighted by Crippen LogP contribution is 2.39. The number of rotatable bonds is 2. The van der Waals surface area contributed by atoms with Gasteiger partial charge in [-0.3, -0.25) is 4.79 Å². The molecule has 21 heavy (non-hydrogen) atoms. The monoisotopic (exact) mass is 304 g/mol. The van der Waals surface area contributed by atoms with E-state index in [1.165, 1.54) is 12.1 Å². The highest BCUT2D eigenvalue weighted by molar-refractivity contribution is 6.35. The number of ketones is 1. The van der Waals surface area contributed by atoms with E-state index in [1.54, 1.807) is 12.1 Å². The number of carbonyl (C=O) groups is 1. The van der Waals surface area contributed by atoms with Gasteiger partial charge < -0.3 is 4.74 Å². The second-order valence-electron chi connectivity index (χ2n) is 5.84. The van der Waals surface area contributed by atoms with Crippen LogP contribution in [0.2, 0.25) is 5.02 Å². The number of fused-ring (bicyclic) bond motifs is 1. The van der Waals surface area contributed by atoms with Crippen molar-refractivity contribution in [3.05, 3.63) is 63.9 Å². The molecule has 108 valence electrons. The minimum atomic E-state index is -0.458. The molecule has 4 heteroatoms. The summed E-state index contributed by atoms with van der Waals surface area (Å²) in [6.45, 7) is 4.73. The molecule has 0 radical (unpaired) electrons. The van der Waals surface area contributed by atoms with Crippen molar-refractivity contribution in [2.45, 2.75) is 19.3 Å². The maximum Gasteiger partial charge on any atom is 0.194 e. The second-order valence-corrected chi connectivity index (χ2v) is 6.24. The number of halogens is 2. The first kappa shape index (κ1) is 14.1. The van der Waals surface area contributed by atoms with E-state index in [2.05, 4.69) is 13.8 Å². The number of hydrogen-bond acceptors (Lipinski definition) is 2. The van der Waals surface area contributed by atoms with Crippen LogP contribution in [0.1, 0.15) is 35.3 Å². The van der Waals surface area contributed by atoms with E-state index in [9.17, 15) is 9.18 Å². The predicted molar refractivity (Wildman–Crippen MR) is 79.8 cm³/mol. The molecule has 2 nitrogen and oxygen atoms in total. The van der Waals surface area contributed by atoms with Gasteiger partial charge in [-0.15, -0.1) is 0 Å². The van der Waals surface area contributed by atoms with Crippen molar-refractivity contribution in [3.63, 3.8) is 0 Å². The van der Waals surface area contributed by atoms with Gasteiger partial charge in [0.1, 0.15) is 11.6 Å². The predicted octanol–water partition coefficient (Wildman–Crippen LogP) is 4.38. The number of benzene rings is 2. The highest BCUT2D eigenvalue weighted by Gasteiger charge is 2.32. The Bertz CT molecular complexity index is 738. The summed E-state index contributed by atoms with van der Waals surface area (Å²) in [7, 11) is 0. The summed E-state index contributed by atoms with van der Waals surface area (Å²) in [6.07, 6.45) is 0. The second kappa shape index (κ2) is 4.85. The van der Waals surface area contributed by atoms with E-state index in [4.69, 9.17) is 16.3 Å². The van der Waals surface area contributed by atoms with Gasteiger partial charge in [-0.2, -0.15) is 0 Å². The van der Waals surface area contributed by atoms with Gasteiger partial charge in [-0.05, 0) is 36.4 Å².